The van der Waals surface area contributed by atoms with E-state index in [2.05, 4.69) is 15.5 Å². The van der Waals surface area contributed by atoms with Crippen molar-refractivity contribution in [1.29, 1.82) is 0 Å². The highest BCUT2D eigenvalue weighted by atomic mass is 32.1. The summed E-state index contributed by atoms with van der Waals surface area (Å²) in [6.45, 7) is 9.04. The lowest BCUT2D eigenvalue weighted by molar-refractivity contribution is -0.130. The molecule has 1 aliphatic heterocycles. The van der Waals surface area contributed by atoms with Crippen LogP contribution in [0.5, 0.6) is 0 Å². The summed E-state index contributed by atoms with van der Waals surface area (Å²) < 4.78 is 7.68. The number of carbonyl (C=O) groups excluding carboxylic acids is 2. The summed E-state index contributed by atoms with van der Waals surface area (Å²) >= 11 is 6.90. The van der Waals surface area contributed by atoms with E-state index in [-0.39, 0.29) is 17.9 Å². The lowest BCUT2D eigenvalue weighted by atomic mass is 10.1. The van der Waals surface area contributed by atoms with Gasteiger partial charge >= 0.3 is 6.09 Å². The molecule has 3 heterocycles. The van der Waals surface area contributed by atoms with Crippen molar-refractivity contribution in [2.24, 2.45) is 5.92 Å². The maximum absolute atomic E-state index is 12.8. The van der Waals surface area contributed by atoms with Crippen molar-refractivity contribution in [2.75, 3.05) is 13.1 Å². The van der Waals surface area contributed by atoms with Gasteiger partial charge in [-0.15, -0.1) is 11.3 Å². The predicted octanol–water partition coefficient (Wildman–Crippen LogP) is 3.43. The predicted molar refractivity (Wildman–Crippen MR) is 114 cm³/mol. The van der Waals surface area contributed by atoms with E-state index in [4.69, 9.17) is 17.0 Å². The number of thiophene rings is 1. The number of hydrogen-bond donors (Lipinski definition) is 2. The van der Waals surface area contributed by atoms with E-state index in [1.165, 1.54) is 0 Å². The molecule has 0 bridgehead atoms. The van der Waals surface area contributed by atoms with Gasteiger partial charge in [0.2, 0.25) is 5.91 Å². The molecule has 158 valence electrons. The molecule has 0 saturated carbocycles. The van der Waals surface area contributed by atoms with E-state index < -0.39 is 11.7 Å². The van der Waals surface area contributed by atoms with Crippen LogP contribution in [0.4, 0.5) is 4.79 Å². The van der Waals surface area contributed by atoms with Crippen LogP contribution in [0.15, 0.2) is 17.5 Å². The van der Waals surface area contributed by atoms with Gasteiger partial charge in [-0.25, -0.2) is 4.79 Å². The third-order valence-electron chi connectivity index (χ3n) is 4.72. The van der Waals surface area contributed by atoms with Gasteiger partial charge in [-0.2, -0.15) is 5.10 Å². The number of carbonyl (C=O) groups is 2. The molecule has 1 aliphatic rings. The summed E-state index contributed by atoms with van der Waals surface area (Å²) in [7, 11) is 0. The molecule has 2 atom stereocenters. The number of nitrogens with one attached hydrogen (secondary N) is 2. The smallest absolute Gasteiger partial charge is 0.407 e. The molecule has 0 aliphatic carbocycles. The zero-order valence-corrected chi connectivity index (χ0v) is 18.7. The average molecular weight is 438 g/mol. The minimum absolute atomic E-state index is 0.0329. The average Bonchev–Trinajstić information content (AvgIpc) is 3.33. The van der Waals surface area contributed by atoms with E-state index >= 15 is 0 Å². The first kappa shape index (κ1) is 21.5. The number of likely N-dealkylation sites (tertiary alicyclic amines) is 1. The first-order valence-electron chi connectivity index (χ1n) is 9.60. The molecule has 8 nitrogen and oxygen atoms in total. The summed E-state index contributed by atoms with van der Waals surface area (Å²) in [5.74, 6) is 0.937. The zero-order chi connectivity index (χ0) is 21.2. The van der Waals surface area contributed by atoms with Crippen LogP contribution < -0.4 is 5.32 Å². The number of amides is 2. The second-order valence-electron chi connectivity index (χ2n) is 8.26. The van der Waals surface area contributed by atoms with Gasteiger partial charge in [-0.1, -0.05) is 13.0 Å². The van der Waals surface area contributed by atoms with Crippen LogP contribution in [-0.4, -0.2) is 56.4 Å². The molecule has 1 saturated heterocycles. The van der Waals surface area contributed by atoms with Crippen LogP contribution in [0.25, 0.3) is 10.7 Å². The van der Waals surface area contributed by atoms with E-state index in [1.807, 2.05) is 49.8 Å². The summed E-state index contributed by atoms with van der Waals surface area (Å²) in [6.07, 6.45) is -0.133. The molecule has 1 fully saturated rings. The largest absolute Gasteiger partial charge is 0.444 e. The fourth-order valence-corrected chi connectivity index (χ4v) is 4.25. The highest BCUT2D eigenvalue weighted by Gasteiger charge is 2.34. The van der Waals surface area contributed by atoms with Crippen LogP contribution in [0.2, 0.25) is 0 Å². The maximum atomic E-state index is 12.8. The maximum Gasteiger partial charge on any atom is 0.407 e. The highest BCUT2D eigenvalue weighted by Crippen LogP contribution is 2.23. The molecule has 0 spiro atoms. The Morgan fingerprint density at radius 3 is 2.83 bits per heavy atom. The molecule has 2 N–H and O–H groups in total. The van der Waals surface area contributed by atoms with Crippen molar-refractivity contribution in [1.82, 2.24) is 25.0 Å². The van der Waals surface area contributed by atoms with Gasteiger partial charge in [0, 0.05) is 26.1 Å². The Labute approximate surface area is 179 Å². The number of alkyl carbamates (subject to hydrolysis) is 1. The molecule has 0 radical (unpaired) electrons. The monoisotopic (exact) mass is 437 g/mol. The van der Waals surface area contributed by atoms with Gasteiger partial charge in [0.1, 0.15) is 5.60 Å². The Kier molecular flexibility index (Phi) is 6.42. The first-order chi connectivity index (χ1) is 13.6. The zero-order valence-electron chi connectivity index (χ0n) is 17.1. The second kappa shape index (κ2) is 8.66. The molecule has 10 heteroatoms. The third kappa shape index (κ3) is 5.45. The molecule has 2 aromatic rings. The number of nitrogens with zero attached hydrogens (tertiary/aromatic N) is 3. The fourth-order valence-electron chi connectivity index (χ4n) is 3.30. The van der Waals surface area contributed by atoms with Crippen LogP contribution in [-0.2, 0) is 16.1 Å². The molecular formula is C19H27N5O3S2. The quantitative estimate of drug-likeness (QED) is 0.699. The van der Waals surface area contributed by atoms with E-state index in [1.54, 1.807) is 16.2 Å². The topological polar surface area (TPSA) is 92.3 Å². The molecule has 2 amide bonds. The lowest BCUT2D eigenvalue weighted by Gasteiger charge is -2.23. The minimum atomic E-state index is -0.550. The highest BCUT2D eigenvalue weighted by molar-refractivity contribution is 7.71. The Morgan fingerprint density at radius 1 is 1.41 bits per heavy atom. The number of aromatic nitrogens is 3. The lowest BCUT2D eigenvalue weighted by Crippen LogP contribution is -2.43. The van der Waals surface area contributed by atoms with Crippen molar-refractivity contribution in [3.8, 4) is 10.7 Å². The van der Waals surface area contributed by atoms with Crippen molar-refractivity contribution in [3.63, 3.8) is 0 Å². The summed E-state index contributed by atoms with van der Waals surface area (Å²) in [4.78, 5) is 27.6. The summed E-state index contributed by atoms with van der Waals surface area (Å²) in [5, 5.41) is 12.0. The van der Waals surface area contributed by atoms with Crippen LogP contribution in [0.1, 0.15) is 34.1 Å². The Balaban J connectivity index is 1.57. The third-order valence-corrected chi connectivity index (χ3v) is 5.89. The number of rotatable bonds is 5. The number of aromatic amines is 1. The summed E-state index contributed by atoms with van der Waals surface area (Å²) in [6, 6.07) is 3.81. The normalized spacial score (nSPS) is 19.4. The molecular weight excluding hydrogens is 410 g/mol. The van der Waals surface area contributed by atoms with Crippen LogP contribution >= 0.6 is 23.6 Å². The van der Waals surface area contributed by atoms with E-state index in [9.17, 15) is 9.59 Å². The van der Waals surface area contributed by atoms with Gasteiger partial charge in [-0.3, -0.25) is 14.5 Å². The van der Waals surface area contributed by atoms with Gasteiger partial charge in [0.05, 0.1) is 10.9 Å². The molecule has 2 aromatic heterocycles. The standard InChI is InChI=1S/C19H27N5O3S2/c1-12-10-23(11-13(12)20-18(26)27-19(2,3)4)15(25)7-8-24-16(21-22-17(24)28)14-6-5-9-29-14/h5-6,9,12-13H,7-8,10-11H2,1-4H3,(H,20,26)(H,22,28). The molecule has 29 heavy (non-hydrogen) atoms. The van der Waals surface area contributed by atoms with Gasteiger partial charge in [0.15, 0.2) is 10.6 Å². The van der Waals surface area contributed by atoms with Gasteiger partial charge < -0.3 is 15.0 Å². The molecule has 3 rings (SSSR count). The number of ether oxygens (including phenoxy) is 1. The number of H-pyrrole nitrogens is 1. The Bertz CT molecular complexity index is 913. The van der Waals surface area contributed by atoms with Gasteiger partial charge in [0.25, 0.3) is 0 Å². The van der Waals surface area contributed by atoms with Crippen molar-refractivity contribution >= 4 is 35.6 Å². The van der Waals surface area contributed by atoms with E-state index in [0.29, 0.717) is 30.8 Å². The minimum Gasteiger partial charge on any atom is -0.444 e. The van der Waals surface area contributed by atoms with Crippen molar-refractivity contribution in [3.05, 3.63) is 22.3 Å². The van der Waals surface area contributed by atoms with Crippen molar-refractivity contribution in [2.45, 2.75) is 52.3 Å². The Morgan fingerprint density at radius 2 is 2.17 bits per heavy atom. The SMILES string of the molecule is CC1CN(C(=O)CCn2c(-c3cccs3)n[nH]c2=S)CC1NC(=O)OC(C)(C)C. The first-order valence-corrected chi connectivity index (χ1v) is 10.9. The Hall–Kier alpha value is -2.20. The van der Waals surface area contributed by atoms with Gasteiger partial charge in [-0.05, 0) is 50.4 Å². The van der Waals surface area contributed by atoms with Crippen LogP contribution in [0.3, 0.4) is 0 Å². The van der Waals surface area contributed by atoms with E-state index in [0.717, 1.165) is 10.7 Å². The van der Waals surface area contributed by atoms with Crippen LogP contribution in [0, 0.1) is 10.7 Å². The fraction of sp³-hybridized carbons (Fsp3) is 0.579. The summed E-state index contributed by atoms with van der Waals surface area (Å²) in [5.41, 5.74) is -0.550. The molecule has 0 aromatic carbocycles. The van der Waals surface area contributed by atoms with Crippen molar-refractivity contribution < 1.29 is 14.3 Å². The number of hydrogen-bond acceptors (Lipinski definition) is 6. The molecule has 2 unspecified atom stereocenters. The second-order valence-corrected chi connectivity index (χ2v) is 9.59.